The van der Waals surface area contributed by atoms with E-state index in [1.807, 2.05) is 25.1 Å². The number of nitrogens with one attached hydrogen (secondary N) is 1. The molecule has 0 spiro atoms. The molecule has 7 nitrogen and oxygen atoms in total. The molecule has 4 heterocycles. The lowest BCUT2D eigenvalue weighted by molar-refractivity contribution is -0.133. The number of urea groups is 1. The molecule has 1 aromatic heterocycles. The highest BCUT2D eigenvalue weighted by Crippen LogP contribution is 2.49. The van der Waals surface area contributed by atoms with Crippen molar-refractivity contribution in [2.45, 2.75) is 51.1 Å². The van der Waals surface area contributed by atoms with Crippen molar-refractivity contribution in [1.82, 2.24) is 19.7 Å². The molecule has 37 heavy (non-hydrogen) atoms. The maximum Gasteiger partial charge on any atom is 0.328 e. The first-order chi connectivity index (χ1) is 17.8. The first kappa shape index (κ1) is 24.5. The van der Waals surface area contributed by atoms with Crippen LogP contribution in [0.3, 0.4) is 0 Å². The monoisotopic (exact) mass is 564 g/mol. The molecule has 2 fully saturated rings. The van der Waals surface area contributed by atoms with E-state index in [0.29, 0.717) is 13.0 Å². The third-order valence-electron chi connectivity index (χ3n) is 8.55. The summed E-state index contributed by atoms with van der Waals surface area (Å²) < 4.78 is 0.964. The van der Waals surface area contributed by atoms with Gasteiger partial charge in [-0.05, 0) is 93.2 Å². The quantitative estimate of drug-likeness (QED) is 0.405. The van der Waals surface area contributed by atoms with Gasteiger partial charge in [0, 0.05) is 34.0 Å². The molecule has 194 valence electrons. The Morgan fingerprint density at radius 3 is 2.65 bits per heavy atom. The van der Waals surface area contributed by atoms with Gasteiger partial charge in [-0.2, -0.15) is 0 Å². The number of H-pyrrole nitrogens is 1. The molecule has 3 aromatic rings. The average molecular weight is 566 g/mol. The molecule has 0 radical (unpaired) electrons. The zero-order valence-electron chi connectivity index (χ0n) is 21.3. The number of nitrogens with zero attached hydrogens (tertiary/aromatic N) is 3. The summed E-state index contributed by atoms with van der Waals surface area (Å²) in [7, 11) is 0. The predicted molar refractivity (Wildman–Crippen MR) is 146 cm³/mol. The Bertz CT molecular complexity index is 1380. The maximum atomic E-state index is 14.0. The van der Waals surface area contributed by atoms with Crippen LogP contribution in [0.4, 0.5) is 4.79 Å². The van der Waals surface area contributed by atoms with Crippen LogP contribution in [0.15, 0.2) is 46.9 Å². The van der Waals surface area contributed by atoms with Crippen LogP contribution in [0.2, 0.25) is 0 Å². The number of fused-ring (bicyclic) bond motifs is 4. The number of likely N-dealkylation sites (tertiary alicyclic amines) is 1. The van der Waals surface area contributed by atoms with Crippen molar-refractivity contribution in [2.24, 2.45) is 5.92 Å². The molecule has 2 aromatic carbocycles. The number of aromatic nitrogens is 1. The van der Waals surface area contributed by atoms with E-state index in [9.17, 15) is 14.7 Å². The van der Waals surface area contributed by atoms with Crippen LogP contribution in [-0.2, 0) is 11.2 Å². The number of imide groups is 1. The van der Waals surface area contributed by atoms with Crippen molar-refractivity contribution < 1.29 is 14.7 Å². The summed E-state index contributed by atoms with van der Waals surface area (Å²) in [5, 5.41) is 11.3. The van der Waals surface area contributed by atoms with Crippen LogP contribution in [0.25, 0.3) is 10.9 Å². The van der Waals surface area contributed by atoms with Gasteiger partial charge in [-0.3, -0.25) is 14.6 Å². The molecule has 0 bridgehead atoms. The number of carbonyl (C=O) groups is 2. The molecule has 6 rings (SSSR count). The Hall–Kier alpha value is -2.84. The molecule has 2 N–H and O–H groups in total. The molecule has 3 aliphatic rings. The topological polar surface area (TPSA) is 79.9 Å². The van der Waals surface area contributed by atoms with Crippen LogP contribution in [0, 0.1) is 5.92 Å². The minimum atomic E-state index is -1.00. The lowest BCUT2D eigenvalue weighted by Gasteiger charge is -2.42. The number of piperidine rings is 1. The Morgan fingerprint density at radius 2 is 1.89 bits per heavy atom. The highest BCUT2D eigenvalue weighted by molar-refractivity contribution is 9.10. The van der Waals surface area contributed by atoms with E-state index in [2.05, 4.69) is 38.8 Å². The highest BCUT2D eigenvalue weighted by Gasteiger charge is 2.60. The minimum Gasteiger partial charge on any atom is -0.508 e. The normalized spacial score (nSPS) is 24.7. The summed E-state index contributed by atoms with van der Waals surface area (Å²) in [4.78, 5) is 37.1. The predicted octanol–water partition coefficient (Wildman–Crippen LogP) is 5.43. The Kier molecular flexibility index (Phi) is 6.07. The number of carbonyl (C=O) groups excluding carboxylic acids is 2. The fraction of sp³-hybridized carbons (Fsp3) is 0.448. The number of rotatable bonds is 5. The Morgan fingerprint density at radius 1 is 1.11 bits per heavy atom. The number of phenolic OH excluding ortho intramolecular Hbond substituents is 1. The summed E-state index contributed by atoms with van der Waals surface area (Å²) in [6, 6.07) is 12.3. The van der Waals surface area contributed by atoms with Gasteiger partial charge in [-0.1, -0.05) is 35.0 Å². The average Bonchev–Trinajstić information content (AvgIpc) is 3.31. The van der Waals surface area contributed by atoms with Crippen LogP contribution >= 0.6 is 15.9 Å². The molecule has 8 heteroatoms. The van der Waals surface area contributed by atoms with E-state index < -0.39 is 11.6 Å². The van der Waals surface area contributed by atoms with Gasteiger partial charge in [0.1, 0.15) is 17.3 Å². The van der Waals surface area contributed by atoms with Crippen molar-refractivity contribution in [2.75, 3.05) is 26.2 Å². The summed E-state index contributed by atoms with van der Waals surface area (Å²) >= 11 is 3.59. The van der Waals surface area contributed by atoms with Gasteiger partial charge in [0.05, 0.1) is 0 Å². The molecule has 3 amide bonds. The standard InChI is InChI=1S/C29H33BrN4O3/c1-18-9-13-32(14-10-18)11-4-12-33-27(36)29(2)17-23-22-16-20(30)7-8-24(22)31-25(23)26(34(29)28(33)37)19-5-3-6-21(35)15-19/h3,5-8,15-16,18,26,31,35H,4,9-14,17H2,1-2H3/t26-,29+/m1/s1. The third kappa shape index (κ3) is 4.05. The molecule has 0 aliphatic carbocycles. The zero-order chi connectivity index (χ0) is 25.9. The van der Waals surface area contributed by atoms with Crippen molar-refractivity contribution in [3.63, 3.8) is 0 Å². The smallest absolute Gasteiger partial charge is 0.328 e. The van der Waals surface area contributed by atoms with Gasteiger partial charge in [-0.15, -0.1) is 0 Å². The van der Waals surface area contributed by atoms with E-state index in [1.54, 1.807) is 23.1 Å². The zero-order valence-corrected chi connectivity index (χ0v) is 22.9. The summed E-state index contributed by atoms with van der Waals surface area (Å²) in [6.45, 7) is 7.69. The number of amides is 3. The van der Waals surface area contributed by atoms with Gasteiger partial charge < -0.3 is 15.0 Å². The Balaban J connectivity index is 1.36. The van der Waals surface area contributed by atoms with Crippen LogP contribution in [-0.4, -0.2) is 68.4 Å². The minimum absolute atomic E-state index is 0.134. The van der Waals surface area contributed by atoms with Crippen LogP contribution in [0.1, 0.15) is 56.0 Å². The van der Waals surface area contributed by atoms with Crippen molar-refractivity contribution in [3.8, 4) is 5.75 Å². The summed E-state index contributed by atoms with van der Waals surface area (Å²) in [6.07, 6.45) is 3.63. The fourth-order valence-electron chi connectivity index (χ4n) is 6.46. The lowest BCUT2D eigenvalue weighted by Crippen LogP contribution is -2.53. The van der Waals surface area contributed by atoms with Gasteiger partial charge in [-0.25, -0.2) is 4.79 Å². The lowest BCUT2D eigenvalue weighted by atomic mass is 9.81. The van der Waals surface area contributed by atoms with E-state index in [-0.39, 0.29) is 17.7 Å². The summed E-state index contributed by atoms with van der Waals surface area (Å²) in [5.41, 5.74) is 2.70. The van der Waals surface area contributed by atoms with Crippen molar-refractivity contribution >= 4 is 38.8 Å². The van der Waals surface area contributed by atoms with Crippen molar-refractivity contribution in [1.29, 1.82) is 0 Å². The second kappa shape index (κ2) is 9.17. The van der Waals surface area contributed by atoms with E-state index in [1.165, 1.54) is 17.7 Å². The molecule has 2 saturated heterocycles. The molecule has 0 unspecified atom stereocenters. The molecule has 2 atom stereocenters. The summed E-state index contributed by atoms with van der Waals surface area (Å²) in [5.74, 6) is 0.776. The van der Waals surface area contributed by atoms with Crippen molar-refractivity contribution in [3.05, 3.63) is 63.8 Å². The largest absolute Gasteiger partial charge is 0.508 e. The maximum absolute atomic E-state index is 14.0. The second-order valence-electron chi connectivity index (χ2n) is 11.1. The van der Waals surface area contributed by atoms with Gasteiger partial charge >= 0.3 is 6.03 Å². The molecular weight excluding hydrogens is 532 g/mol. The number of aromatic amines is 1. The number of phenols is 1. The first-order valence-corrected chi connectivity index (χ1v) is 14.0. The SMILES string of the molecule is CC1CCN(CCCN2C(=O)N3[C@H](c4cccc(O)c4)c4[nH]c5ccc(Br)cc5c4C[C@@]3(C)C2=O)CC1. The van der Waals surface area contributed by atoms with Crippen LogP contribution < -0.4 is 0 Å². The Labute approximate surface area is 225 Å². The first-order valence-electron chi connectivity index (χ1n) is 13.2. The molecular formula is C29H33BrN4O3. The van der Waals surface area contributed by atoms with Gasteiger partial charge in [0.15, 0.2) is 0 Å². The number of hydrogen-bond acceptors (Lipinski definition) is 4. The van der Waals surface area contributed by atoms with Crippen LogP contribution in [0.5, 0.6) is 5.75 Å². The number of aromatic hydroxyl groups is 1. The highest BCUT2D eigenvalue weighted by atomic mass is 79.9. The third-order valence-corrected chi connectivity index (χ3v) is 9.04. The van der Waals surface area contributed by atoms with E-state index in [0.717, 1.165) is 64.2 Å². The number of halogens is 1. The van der Waals surface area contributed by atoms with E-state index >= 15 is 0 Å². The second-order valence-corrected chi connectivity index (χ2v) is 12.1. The fourth-order valence-corrected chi connectivity index (χ4v) is 6.82. The van der Waals surface area contributed by atoms with Gasteiger partial charge in [0.25, 0.3) is 5.91 Å². The number of hydrogen-bond donors (Lipinski definition) is 2. The number of benzene rings is 2. The molecule has 3 aliphatic heterocycles. The van der Waals surface area contributed by atoms with E-state index in [4.69, 9.17) is 0 Å². The van der Waals surface area contributed by atoms with Gasteiger partial charge in [0.2, 0.25) is 0 Å². The molecule has 0 saturated carbocycles.